The van der Waals surface area contributed by atoms with Crippen LogP contribution in [0.15, 0.2) is 39.7 Å². The number of rotatable bonds is 6. The summed E-state index contributed by atoms with van der Waals surface area (Å²) in [5.74, 6) is 0. The average Bonchev–Trinajstić information content (AvgIpc) is 3.13. The van der Waals surface area contributed by atoms with Crippen molar-refractivity contribution in [2.24, 2.45) is 5.10 Å². The molecule has 2 aliphatic rings. The van der Waals surface area contributed by atoms with Crippen LogP contribution in [0.2, 0.25) is 0 Å². The van der Waals surface area contributed by atoms with E-state index in [0.29, 0.717) is 6.04 Å². The van der Waals surface area contributed by atoms with E-state index in [2.05, 4.69) is 51.3 Å². The molecule has 0 amide bonds. The number of thiophene rings is 1. The normalized spacial score (nSPS) is 20.9. The van der Waals surface area contributed by atoms with Gasteiger partial charge in [-0.15, -0.1) is 0 Å². The van der Waals surface area contributed by atoms with Crippen LogP contribution >= 0.6 is 11.3 Å². The molecule has 1 unspecified atom stereocenters. The lowest BCUT2D eigenvalue weighted by molar-refractivity contribution is 0.253. The van der Waals surface area contributed by atoms with Gasteiger partial charge in [-0.05, 0) is 52.9 Å². The minimum Gasteiger partial charge on any atom is -0.315 e. The molecule has 1 atom stereocenters. The molecular weight excluding hydrogens is 266 g/mol. The number of allylic oxidation sites excluding steroid dienone is 2. The topological polar surface area (TPSA) is 27.6 Å². The van der Waals surface area contributed by atoms with Crippen molar-refractivity contribution in [3.8, 4) is 0 Å². The molecule has 0 bridgehead atoms. The molecule has 0 radical (unpaired) electrons. The van der Waals surface area contributed by atoms with E-state index in [1.807, 2.05) is 6.21 Å². The summed E-state index contributed by atoms with van der Waals surface area (Å²) in [5, 5.41) is 14.6. The van der Waals surface area contributed by atoms with Crippen molar-refractivity contribution in [1.29, 1.82) is 0 Å². The predicted molar refractivity (Wildman–Crippen MR) is 87.1 cm³/mol. The van der Waals surface area contributed by atoms with Crippen LogP contribution in [0.5, 0.6) is 0 Å². The maximum Gasteiger partial charge on any atom is 0.0776 e. The molecule has 3 rings (SSSR count). The van der Waals surface area contributed by atoms with Gasteiger partial charge in [-0.3, -0.25) is 5.01 Å². The Hall–Kier alpha value is -1.39. The van der Waals surface area contributed by atoms with Gasteiger partial charge in [-0.2, -0.15) is 16.4 Å². The second-order valence-corrected chi connectivity index (χ2v) is 6.03. The molecular formula is C16H21N3S. The summed E-state index contributed by atoms with van der Waals surface area (Å²) in [6.07, 6.45) is 8.74. The van der Waals surface area contributed by atoms with E-state index >= 15 is 0 Å². The second kappa shape index (κ2) is 6.37. The van der Waals surface area contributed by atoms with Crippen molar-refractivity contribution in [1.82, 2.24) is 10.3 Å². The molecule has 20 heavy (non-hydrogen) atoms. The van der Waals surface area contributed by atoms with Crippen molar-refractivity contribution in [3.05, 3.63) is 40.1 Å². The highest BCUT2D eigenvalue weighted by molar-refractivity contribution is 7.08. The van der Waals surface area contributed by atoms with Gasteiger partial charge in [0.25, 0.3) is 0 Å². The summed E-state index contributed by atoms with van der Waals surface area (Å²) < 4.78 is 0. The summed E-state index contributed by atoms with van der Waals surface area (Å²) in [6, 6.07) is 2.64. The lowest BCUT2D eigenvalue weighted by Crippen LogP contribution is -2.35. The van der Waals surface area contributed by atoms with E-state index in [4.69, 9.17) is 0 Å². The second-order valence-electron chi connectivity index (χ2n) is 5.25. The number of hydrazone groups is 1. The largest absolute Gasteiger partial charge is 0.315 e. The molecule has 0 spiro atoms. The van der Waals surface area contributed by atoms with E-state index in [-0.39, 0.29) is 0 Å². The van der Waals surface area contributed by atoms with Gasteiger partial charge in [0.05, 0.1) is 12.3 Å². The minimum atomic E-state index is 0.429. The Kier molecular flexibility index (Phi) is 4.33. The summed E-state index contributed by atoms with van der Waals surface area (Å²) in [4.78, 5) is 0. The molecule has 0 aromatic carbocycles. The molecule has 0 saturated heterocycles. The van der Waals surface area contributed by atoms with Crippen LogP contribution in [0, 0.1) is 0 Å². The number of nitrogens with one attached hydrogen (secondary N) is 1. The van der Waals surface area contributed by atoms with Crippen LogP contribution in [-0.4, -0.2) is 36.9 Å². The highest BCUT2D eigenvalue weighted by Gasteiger charge is 2.28. The molecule has 1 aliphatic carbocycles. The molecule has 1 aromatic rings. The number of hydrogen-bond acceptors (Lipinski definition) is 4. The standard InChI is InChI=1S/C16H21N3S/c1-2-6-17-7-8-19-16-10-13(15-5-9-20-12-15)3-4-14(16)11-18-19/h3-5,9,11-12,16-17H,2,6-8,10H2,1H3. The molecule has 2 heterocycles. The molecule has 1 aliphatic heterocycles. The van der Waals surface area contributed by atoms with Crippen LogP contribution in [-0.2, 0) is 0 Å². The van der Waals surface area contributed by atoms with Crippen molar-refractivity contribution in [3.63, 3.8) is 0 Å². The molecule has 0 fully saturated rings. The summed E-state index contributed by atoms with van der Waals surface area (Å²) in [6.45, 7) is 5.27. The van der Waals surface area contributed by atoms with Gasteiger partial charge in [0.1, 0.15) is 0 Å². The zero-order valence-electron chi connectivity index (χ0n) is 11.9. The molecule has 3 nitrogen and oxygen atoms in total. The van der Waals surface area contributed by atoms with Gasteiger partial charge in [-0.25, -0.2) is 0 Å². The van der Waals surface area contributed by atoms with Crippen LogP contribution in [0.4, 0.5) is 0 Å². The molecule has 4 heteroatoms. The van der Waals surface area contributed by atoms with E-state index in [1.54, 1.807) is 11.3 Å². The average molecular weight is 287 g/mol. The highest BCUT2D eigenvalue weighted by atomic mass is 32.1. The maximum absolute atomic E-state index is 4.56. The third-order valence-corrected chi connectivity index (χ3v) is 4.51. The zero-order chi connectivity index (χ0) is 13.8. The first-order valence-corrected chi connectivity index (χ1v) is 8.27. The van der Waals surface area contributed by atoms with Gasteiger partial charge in [0.2, 0.25) is 0 Å². The fourth-order valence-electron chi connectivity index (χ4n) is 2.70. The van der Waals surface area contributed by atoms with Crippen molar-refractivity contribution >= 4 is 23.1 Å². The molecule has 106 valence electrons. The summed E-state index contributed by atoms with van der Waals surface area (Å²) in [5.41, 5.74) is 4.14. The zero-order valence-corrected chi connectivity index (χ0v) is 12.7. The van der Waals surface area contributed by atoms with Gasteiger partial charge >= 0.3 is 0 Å². The van der Waals surface area contributed by atoms with E-state index in [9.17, 15) is 0 Å². The van der Waals surface area contributed by atoms with Crippen molar-refractivity contribution in [2.75, 3.05) is 19.6 Å². The molecule has 1 N–H and O–H groups in total. The number of nitrogens with zero attached hydrogens (tertiary/aromatic N) is 2. The van der Waals surface area contributed by atoms with E-state index in [0.717, 1.165) is 26.1 Å². The summed E-state index contributed by atoms with van der Waals surface area (Å²) in [7, 11) is 0. The molecule has 0 saturated carbocycles. The lowest BCUT2D eigenvalue weighted by atomic mass is 9.91. The van der Waals surface area contributed by atoms with Crippen molar-refractivity contribution < 1.29 is 0 Å². The quantitative estimate of drug-likeness (QED) is 0.814. The number of hydrogen-bond donors (Lipinski definition) is 1. The number of fused-ring (bicyclic) bond motifs is 1. The van der Waals surface area contributed by atoms with Gasteiger partial charge in [0.15, 0.2) is 0 Å². The maximum atomic E-state index is 4.56. The SMILES string of the molecule is CCCNCCN1N=CC2=CC=C(c3ccsc3)CC21. The Labute approximate surface area is 124 Å². The highest BCUT2D eigenvalue weighted by Crippen LogP contribution is 2.32. The fourth-order valence-corrected chi connectivity index (χ4v) is 3.38. The first-order chi connectivity index (χ1) is 9.88. The van der Waals surface area contributed by atoms with Crippen LogP contribution in [0.25, 0.3) is 5.57 Å². The van der Waals surface area contributed by atoms with Crippen LogP contribution < -0.4 is 5.32 Å². The van der Waals surface area contributed by atoms with E-state index < -0.39 is 0 Å². The minimum absolute atomic E-state index is 0.429. The third kappa shape index (κ3) is 2.86. The van der Waals surface area contributed by atoms with Crippen LogP contribution in [0.3, 0.4) is 0 Å². The Balaban J connectivity index is 1.62. The predicted octanol–water partition coefficient (Wildman–Crippen LogP) is 3.13. The molecule has 1 aromatic heterocycles. The Morgan fingerprint density at radius 3 is 3.15 bits per heavy atom. The van der Waals surface area contributed by atoms with Crippen LogP contribution in [0.1, 0.15) is 25.3 Å². The first kappa shape index (κ1) is 13.6. The smallest absolute Gasteiger partial charge is 0.0776 e. The Morgan fingerprint density at radius 2 is 2.35 bits per heavy atom. The lowest BCUT2D eigenvalue weighted by Gasteiger charge is -2.27. The summed E-state index contributed by atoms with van der Waals surface area (Å²) >= 11 is 1.76. The Morgan fingerprint density at radius 1 is 1.40 bits per heavy atom. The third-order valence-electron chi connectivity index (χ3n) is 3.83. The van der Waals surface area contributed by atoms with Crippen molar-refractivity contribution in [2.45, 2.75) is 25.8 Å². The fraction of sp³-hybridized carbons (Fsp3) is 0.438. The van der Waals surface area contributed by atoms with Gasteiger partial charge in [-0.1, -0.05) is 19.1 Å². The van der Waals surface area contributed by atoms with Gasteiger partial charge in [0, 0.05) is 13.1 Å². The monoisotopic (exact) mass is 287 g/mol. The van der Waals surface area contributed by atoms with Gasteiger partial charge < -0.3 is 5.32 Å². The Bertz CT molecular complexity index is 528. The van der Waals surface area contributed by atoms with E-state index in [1.165, 1.54) is 23.1 Å². The first-order valence-electron chi connectivity index (χ1n) is 7.33.